The molecule has 0 bridgehead atoms. The molecule has 0 saturated heterocycles. The molecule has 1 aliphatic rings. The number of hydrogen-bond acceptors (Lipinski definition) is 3. The summed E-state index contributed by atoms with van der Waals surface area (Å²) in [5, 5.41) is 8.79. The van der Waals surface area contributed by atoms with Gasteiger partial charge in [0.15, 0.2) is 5.76 Å². The van der Waals surface area contributed by atoms with E-state index >= 15 is 0 Å². The molecule has 84 valence electrons. The zero-order valence-electron chi connectivity index (χ0n) is 9.03. The van der Waals surface area contributed by atoms with E-state index in [1.165, 1.54) is 6.92 Å². The van der Waals surface area contributed by atoms with E-state index < -0.39 is 17.8 Å². The first-order chi connectivity index (χ1) is 7.04. The molecule has 0 unspecified atom stereocenters. The van der Waals surface area contributed by atoms with Crippen LogP contribution in [0.4, 0.5) is 0 Å². The summed E-state index contributed by atoms with van der Waals surface area (Å²) in [5.74, 6) is -2.03. The van der Waals surface area contributed by atoms with Crippen LogP contribution in [0.1, 0.15) is 26.7 Å². The molecule has 0 fully saturated rings. The van der Waals surface area contributed by atoms with Crippen molar-refractivity contribution in [3.8, 4) is 0 Å². The predicted molar refractivity (Wildman–Crippen MR) is 54.2 cm³/mol. The molecule has 1 aliphatic heterocycles. The van der Waals surface area contributed by atoms with Crippen LogP contribution in [0.15, 0.2) is 11.8 Å². The van der Waals surface area contributed by atoms with Crippen molar-refractivity contribution in [3.63, 3.8) is 0 Å². The Morgan fingerprint density at radius 1 is 1.40 bits per heavy atom. The van der Waals surface area contributed by atoms with Crippen molar-refractivity contribution in [1.82, 2.24) is 0 Å². The first kappa shape index (κ1) is 11.8. The summed E-state index contributed by atoms with van der Waals surface area (Å²) in [6, 6.07) is 0. The van der Waals surface area contributed by atoms with E-state index in [2.05, 4.69) is 0 Å². The minimum atomic E-state index is -0.952. The smallest absolute Gasteiger partial charge is 0.306 e. The highest BCUT2D eigenvalue weighted by molar-refractivity contribution is 5.97. The van der Waals surface area contributed by atoms with Crippen LogP contribution >= 0.6 is 0 Å². The van der Waals surface area contributed by atoms with Crippen LogP contribution in [0.2, 0.25) is 0 Å². The van der Waals surface area contributed by atoms with Gasteiger partial charge in [-0.3, -0.25) is 9.59 Å². The highest BCUT2D eigenvalue weighted by Crippen LogP contribution is 2.20. The third-order valence-electron chi connectivity index (χ3n) is 2.73. The molecule has 2 atom stereocenters. The molecular formula is C11H16O4. The molecule has 0 aliphatic carbocycles. The fourth-order valence-corrected chi connectivity index (χ4v) is 1.39. The Morgan fingerprint density at radius 2 is 2.07 bits per heavy atom. The maximum atomic E-state index is 11.8. The van der Waals surface area contributed by atoms with Crippen molar-refractivity contribution >= 4 is 11.8 Å². The largest absolute Gasteiger partial charge is 0.490 e. The minimum absolute atomic E-state index is 0.204. The van der Waals surface area contributed by atoms with Crippen molar-refractivity contribution in [3.05, 3.63) is 11.8 Å². The second-order valence-corrected chi connectivity index (χ2v) is 3.84. The van der Waals surface area contributed by atoms with Crippen LogP contribution in [0.3, 0.4) is 0 Å². The maximum absolute atomic E-state index is 11.8. The van der Waals surface area contributed by atoms with Gasteiger partial charge in [0.2, 0.25) is 5.78 Å². The fourth-order valence-electron chi connectivity index (χ4n) is 1.39. The normalized spacial score (nSPS) is 19.7. The fraction of sp³-hybridized carbons (Fsp3) is 0.636. The lowest BCUT2D eigenvalue weighted by molar-refractivity contribution is -0.145. The quantitative estimate of drug-likeness (QED) is 0.768. The number of carbonyl (C=O) groups is 2. The molecule has 4 nitrogen and oxygen atoms in total. The Bertz CT molecular complexity index is 293. The number of carbonyl (C=O) groups excluding carboxylic acids is 1. The molecule has 4 heteroatoms. The van der Waals surface area contributed by atoms with Gasteiger partial charge in [-0.05, 0) is 18.9 Å². The molecule has 0 aromatic rings. The van der Waals surface area contributed by atoms with Gasteiger partial charge in [0.25, 0.3) is 0 Å². The van der Waals surface area contributed by atoms with Crippen LogP contribution < -0.4 is 0 Å². The number of rotatable bonds is 4. The Morgan fingerprint density at radius 3 is 2.53 bits per heavy atom. The average molecular weight is 212 g/mol. The summed E-state index contributed by atoms with van der Waals surface area (Å²) in [4.78, 5) is 22.5. The Balaban J connectivity index is 2.67. The predicted octanol–water partition coefficient (Wildman–Crippen LogP) is 1.61. The van der Waals surface area contributed by atoms with Gasteiger partial charge >= 0.3 is 5.97 Å². The second kappa shape index (κ2) is 4.96. The van der Waals surface area contributed by atoms with Crippen molar-refractivity contribution in [2.75, 3.05) is 6.61 Å². The third kappa shape index (κ3) is 2.81. The second-order valence-electron chi connectivity index (χ2n) is 3.84. The van der Waals surface area contributed by atoms with E-state index in [4.69, 9.17) is 9.84 Å². The van der Waals surface area contributed by atoms with E-state index in [0.29, 0.717) is 12.4 Å². The molecule has 0 aromatic carbocycles. The maximum Gasteiger partial charge on any atom is 0.306 e. The summed E-state index contributed by atoms with van der Waals surface area (Å²) < 4.78 is 5.21. The molecule has 0 spiro atoms. The van der Waals surface area contributed by atoms with Crippen molar-refractivity contribution in [2.24, 2.45) is 11.8 Å². The van der Waals surface area contributed by atoms with Gasteiger partial charge in [0.05, 0.1) is 12.5 Å². The molecule has 0 aromatic heterocycles. The van der Waals surface area contributed by atoms with Gasteiger partial charge in [-0.2, -0.15) is 0 Å². The Kier molecular flexibility index (Phi) is 3.88. The number of ketones is 1. The highest BCUT2D eigenvalue weighted by Gasteiger charge is 2.29. The van der Waals surface area contributed by atoms with Crippen molar-refractivity contribution in [2.45, 2.75) is 26.7 Å². The van der Waals surface area contributed by atoms with E-state index in [1.54, 1.807) is 13.0 Å². The zero-order chi connectivity index (χ0) is 11.4. The van der Waals surface area contributed by atoms with Crippen molar-refractivity contribution in [1.29, 1.82) is 0 Å². The van der Waals surface area contributed by atoms with Crippen molar-refractivity contribution < 1.29 is 19.4 Å². The van der Waals surface area contributed by atoms with Gasteiger partial charge in [0.1, 0.15) is 0 Å². The van der Waals surface area contributed by atoms with Crippen LogP contribution in [-0.2, 0) is 14.3 Å². The molecule has 1 rings (SSSR count). The van der Waals surface area contributed by atoms with Gasteiger partial charge in [-0.1, -0.05) is 13.8 Å². The molecule has 15 heavy (non-hydrogen) atoms. The molecular weight excluding hydrogens is 196 g/mol. The number of aliphatic carboxylic acids is 1. The van der Waals surface area contributed by atoms with Crippen LogP contribution in [-0.4, -0.2) is 23.5 Å². The topological polar surface area (TPSA) is 63.6 Å². The average Bonchev–Trinajstić information content (AvgIpc) is 2.27. The van der Waals surface area contributed by atoms with Gasteiger partial charge in [0, 0.05) is 5.92 Å². The number of hydrogen-bond donors (Lipinski definition) is 1. The van der Waals surface area contributed by atoms with Gasteiger partial charge in [-0.15, -0.1) is 0 Å². The first-order valence-electron chi connectivity index (χ1n) is 5.14. The minimum Gasteiger partial charge on any atom is -0.490 e. The number of Topliss-reactive ketones (excluding diaryl/α,β-unsaturated/α-hetero) is 1. The summed E-state index contributed by atoms with van der Waals surface area (Å²) in [7, 11) is 0. The zero-order valence-corrected chi connectivity index (χ0v) is 9.03. The molecule has 0 saturated carbocycles. The van der Waals surface area contributed by atoms with E-state index in [-0.39, 0.29) is 5.78 Å². The molecule has 0 amide bonds. The van der Waals surface area contributed by atoms with E-state index in [1.807, 2.05) is 0 Å². The van der Waals surface area contributed by atoms with Gasteiger partial charge < -0.3 is 9.84 Å². The van der Waals surface area contributed by atoms with Crippen LogP contribution in [0.5, 0.6) is 0 Å². The third-order valence-corrected chi connectivity index (χ3v) is 2.73. The standard InChI is InChI=1S/C11H16O4/c1-7(8(2)11(13)14)10(12)9-5-3-4-6-15-9/h5,7-8H,3-4,6H2,1-2H3,(H,13,14)/t7-,8+/m0/s1. The SMILES string of the molecule is C[C@H](C(=O)C1=CCCCO1)[C@@H](C)C(=O)O. The van der Waals surface area contributed by atoms with E-state index in [0.717, 1.165) is 12.8 Å². The Hall–Kier alpha value is -1.32. The lowest BCUT2D eigenvalue weighted by atomic mass is 9.90. The van der Waals surface area contributed by atoms with Gasteiger partial charge in [-0.25, -0.2) is 0 Å². The Labute approximate surface area is 88.9 Å². The first-order valence-corrected chi connectivity index (χ1v) is 5.14. The van der Waals surface area contributed by atoms with E-state index in [9.17, 15) is 9.59 Å². The van der Waals surface area contributed by atoms with Crippen LogP contribution in [0.25, 0.3) is 0 Å². The molecule has 1 heterocycles. The summed E-state index contributed by atoms with van der Waals surface area (Å²) in [6.07, 6.45) is 3.49. The summed E-state index contributed by atoms with van der Waals surface area (Å²) >= 11 is 0. The number of carboxylic acid groups (broad SMARTS) is 1. The lowest BCUT2D eigenvalue weighted by Crippen LogP contribution is -2.27. The highest BCUT2D eigenvalue weighted by atomic mass is 16.5. The number of ether oxygens (including phenoxy) is 1. The summed E-state index contributed by atoms with van der Waals surface area (Å²) in [5.41, 5.74) is 0. The number of carboxylic acids is 1. The summed E-state index contributed by atoms with van der Waals surface area (Å²) in [6.45, 7) is 3.71. The molecule has 1 N–H and O–H groups in total. The van der Waals surface area contributed by atoms with Crippen LogP contribution in [0, 0.1) is 11.8 Å². The molecule has 0 radical (unpaired) electrons. The number of allylic oxidation sites excluding steroid dienone is 2. The monoisotopic (exact) mass is 212 g/mol. The lowest BCUT2D eigenvalue weighted by Gasteiger charge is -2.19.